The zero-order valence-corrected chi connectivity index (χ0v) is 13.0. The number of nitrogens with one attached hydrogen (secondary N) is 1. The molecule has 5 nitrogen and oxygen atoms in total. The van der Waals surface area contributed by atoms with E-state index in [1.54, 1.807) is 0 Å². The Kier molecular flexibility index (Phi) is 4.91. The third-order valence-corrected chi connectivity index (χ3v) is 4.09. The molecule has 3 N–H and O–H groups in total. The standard InChI is InChI=1S/C15H29N3O2/c1-15(2,3)20-14(19)18-8-6-12(7-9-18)17-13-5-4-11(16)10-13/h11-13,17H,4-10,16H2,1-3H3. The van der Waals surface area contributed by atoms with Crippen LogP contribution in [0.1, 0.15) is 52.9 Å². The number of ether oxygens (including phenoxy) is 1. The predicted octanol–water partition coefficient (Wildman–Crippen LogP) is 1.86. The van der Waals surface area contributed by atoms with Crippen molar-refractivity contribution < 1.29 is 9.53 Å². The van der Waals surface area contributed by atoms with Gasteiger partial charge in [-0.05, 0) is 52.9 Å². The molecule has 2 atom stereocenters. The van der Waals surface area contributed by atoms with Crippen LogP contribution in [-0.4, -0.2) is 47.8 Å². The molecule has 1 saturated carbocycles. The lowest BCUT2D eigenvalue weighted by Gasteiger charge is -2.34. The van der Waals surface area contributed by atoms with E-state index >= 15 is 0 Å². The van der Waals surface area contributed by atoms with E-state index in [1.807, 2.05) is 25.7 Å². The van der Waals surface area contributed by atoms with E-state index in [0.717, 1.165) is 38.8 Å². The Morgan fingerprint density at radius 3 is 2.30 bits per heavy atom. The zero-order valence-electron chi connectivity index (χ0n) is 13.0. The Bertz CT molecular complexity index is 333. The molecular weight excluding hydrogens is 254 g/mol. The molecule has 0 bridgehead atoms. The van der Waals surface area contributed by atoms with Crippen molar-refractivity contribution in [2.75, 3.05) is 13.1 Å². The lowest BCUT2D eigenvalue weighted by molar-refractivity contribution is 0.0196. The number of hydrogen-bond acceptors (Lipinski definition) is 4. The van der Waals surface area contributed by atoms with Crippen LogP contribution in [0.4, 0.5) is 4.79 Å². The van der Waals surface area contributed by atoms with Crippen molar-refractivity contribution in [1.29, 1.82) is 0 Å². The van der Waals surface area contributed by atoms with Gasteiger partial charge in [0.2, 0.25) is 0 Å². The quantitative estimate of drug-likeness (QED) is 0.811. The summed E-state index contributed by atoms with van der Waals surface area (Å²) in [6.45, 7) is 7.28. The van der Waals surface area contributed by atoms with E-state index in [9.17, 15) is 4.79 Å². The highest BCUT2D eigenvalue weighted by Crippen LogP contribution is 2.21. The van der Waals surface area contributed by atoms with Crippen LogP contribution in [0.5, 0.6) is 0 Å². The van der Waals surface area contributed by atoms with Crippen LogP contribution in [0, 0.1) is 0 Å². The smallest absolute Gasteiger partial charge is 0.410 e. The Labute approximate surface area is 122 Å². The molecule has 1 amide bonds. The fourth-order valence-corrected chi connectivity index (χ4v) is 3.06. The summed E-state index contributed by atoms with van der Waals surface area (Å²) in [7, 11) is 0. The van der Waals surface area contributed by atoms with Crippen molar-refractivity contribution in [2.45, 2.75) is 76.6 Å². The molecule has 0 aromatic rings. The third kappa shape index (κ3) is 4.63. The molecule has 0 aromatic heterocycles. The first-order valence-corrected chi connectivity index (χ1v) is 7.83. The summed E-state index contributed by atoms with van der Waals surface area (Å²) in [6, 6.07) is 1.46. The first-order valence-electron chi connectivity index (χ1n) is 7.83. The predicted molar refractivity (Wildman–Crippen MR) is 79.6 cm³/mol. The van der Waals surface area contributed by atoms with Gasteiger partial charge in [0, 0.05) is 31.2 Å². The van der Waals surface area contributed by atoms with Gasteiger partial charge in [-0.15, -0.1) is 0 Å². The highest BCUT2D eigenvalue weighted by atomic mass is 16.6. The van der Waals surface area contributed by atoms with Crippen LogP contribution >= 0.6 is 0 Å². The maximum atomic E-state index is 12.0. The largest absolute Gasteiger partial charge is 0.444 e. The van der Waals surface area contributed by atoms with Crippen molar-refractivity contribution in [3.8, 4) is 0 Å². The first-order chi connectivity index (χ1) is 9.33. The second-order valence-corrected chi connectivity index (χ2v) is 7.18. The van der Waals surface area contributed by atoms with Crippen molar-refractivity contribution in [2.24, 2.45) is 5.73 Å². The minimum Gasteiger partial charge on any atom is -0.444 e. The lowest BCUT2D eigenvalue weighted by Crippen LogP contribution is -2.48. The molecular formula is C15H29N3O2. The highest BCUT2D eigenvalue weighted by Gasteiger charge is 2.29. The van der Waals surface area contributed by atoms with Crippen molar-refractivity contribution >= 4 is 6.09 Å². The van der Waals surface area contributed by atoms with Crippen molar-refractivity contribution in [1.82, 2.24) is 10.2 Å². The van der Waals surface area contributed by atoms with Gasteiger partial charge in [-0.3, -0.25) is 0 Å². The number of piperidine rings is 1. The molecule has 1 aliphatic carbocycles. The maximum Gasteiger partial charge on any atom is 0.410 e. The molecule has 2 rings (SSSR count). The molecule has 5 heteroatoms. The maximum absolute atomic E-state index is 12.0. The normalized spacial score (nSPS) is 28.7. The summed E-state index contributed by atoms with van der Waals surface area (Å²) >= 11 is 0. The summed E-state index contributed by atoms with van der Waals surface area (Å²) in [5, 5.41) is 3.70. The van der Waals surface area contributed by atoms with Crippen LogP contribution in [0.15, 0.2) is 0 Å². The van der Waals surface area contributed by atoms with Crippen molar-refractivity contribution in [3.63, 3.8) is 0 Å². The average Bonchev–Trinajstić information content (AvgIpc) is 2.73. The molecule has 20 heavy (non-hydrogen) atoms. The SMILES string of the molecule is CC(C)(C)OC(=O)N1CCC(NC2CCC(N)C2)CC1. The van der Waals surface area contributed by atoms with Gasteiger partial charge in [0.25, 0.3) is 0 Å². The van der Waals surface area contributed by atoms with E-state index < -0.39 is 5.60 Å². The second-order valence-electron chi connectivity index (χ2n) is 7.18. The molecule has 2 fully saturated rings. The van der Waals surface area contributed by atoms with Gasteiger partial charge in [0.1, 0.15) is 5.60 Å². The number of amides is 1. The molecule has 2 unspecified atom stereocenters. The zero-order chi connectivity index (χ0) is 14.8. The highest BCUT2D eigenvalue weighted by molar-refractivity contribution is 5.68. The summed E-state index contributed by atoms with van der Waals surface area (Å²) < 4.78 is 5.41. The van der Waals surface area contributed by atoms with Gasteiger partial charge in [-0.2, -0.15) is 0 Å². The third-order valence-electron chi connectivity index (χ3n) is 4.09. The van der Waals surface area contributed by atoms with Crippen molar-refractivity contribution in [3.05, 3.63) is 0 Å². The number of nitrogens with two attached hydrogens (primary N) is 1. The number of hydrogen-bond donors (Lipinski definition) is 2. The topological polar surface area (TPSA) is 67.6 Å². The number of carbonyl (C=O) groups excluding carboxylic acids is 1. The fraction of sp³-hybridized carbons (Fsp3) is 0.933. The van der Waals surface area contributed by atoms with E-state index in [-0.39, 0.29) is 6.09 Å². The molecule has 1 aliphatic heterocycles. The van der Waals surface area contributed by atoms with E-state index in [0.29, 0.717) is 18.1 Å². The van der Waals surface area contributed by atoms with Crippen LogP contribution < -0.4 is 11.1 Å². The Morgan fingerprint density at radius 1 is 1.15 bits per heavy atom. The average molecular weight is 283 g/mol. The molecule has 2 aliphatic rings. The first kappa shape index (κ1) is 15.6. The lowest BCUT2D eigenvalue weighted by atomic mass is 10.0. The van der Waals surface area contributed by atoms with Crippen LogP contribution in [0.3, 0.4) is 0 Å². The Morgan fingerprint density at radius 2 is 1.80 bits per heavy atom. The van der Waals surface area contributed by atoms with Crippen LogP contribution in [0.2, 0.25) is 0 Å². The van der Waals surface area contributed by atoms with Gasteiger partial charge in [-0.25, -0.2) is 4.79 Å². The second kappa shape index (κ2) is 6.31. The summed E-state index contributed by atoms with van der Waals surface area (Å²) in [5.74, 6) is 0. The van der Waals surface area contributed by atoms with Gasteiger partial charge in [0.15, 0.2) is 0 Å². The molecule has 0 radical (unpaired) electrons. The van der Waals surface area contributed by atoms with E-state index in [4.69, 9.17) is 10.5 Å². The monoisotopic (exact) mass is 283 g/mol. The number of carbonyl (C=O) groups is 1. The summed E-state index contributed by atoms with van der Waals surface area (Å²) in [4.78, 5) is 13.8. The number of rotatable bonds is 2. The van der Waals surface area contributed by atoms with Crippen LogP contribution in [0.25, 0.3) is 0 Å². The summed E-state index contributed by atoms with van der Waals surface area (Å²) in [5.41, 5.74) is 5.53. The Hall–Kier alpha value is -0.810. The number of nitrogens with zero attached hydrogens (tertiary/aromatic N) is 1. The van der Waals surface area contributed by atoms with Gasteiger partial charge >= 0.3 is 6.09 Å². The fourth-order valence-electron chi connectivity index (χ4n) is 3.06. The van der Waals surface area contributed by atoms with Crippen LogP contribution in [-0.2, 0) is 4.74 Å². The summed E-state index contributed by atoms with van der Waals surface area (Å²) in [6.07, 6.45) is 5.24. The van der Waals surface area contributed by atoms with Gasteiger partial charge in [0.05, 0.1) is 0 Å². The van der Waals surface area contributed by atoms with Gasteiger partial charge < -0.3 is 20.7 Å². The number of likely N-dealkylation sites (tertiary alicyclic amines) is 1. The molecule has 0 aromatic carbocycles. The molecule has 0 spiro atoms. The Balaban J connectivity index is 1.71. The van der Waals surface area contributed by atoms with Gasteiger partial charge in [-0.1, -0.05) is 0 Å². The molecule has 116 valence electrons. The molecule has 1 saturated heterocycles. The molecule has 1 heterocycles. The minimum absolute atomic E-state index is 0.182. The minimum atomic E-state index is -0.411. The van der Waals surface area contributed by atoms with E-state index in [2.05, 4.69) is 5.32 Å². The van der Waals surface area contributed by atoms with E-state index in [1.165, 1.54) is 6.42 Å².